The van der Waals surface area contributed by atoms with Crippen LogP contribution in [-0.2, 0) is 0 Å². The van der Waals surface area contributed by atoms with Crippen LogP contribution in [0.1, 0.15) is 0 Å². The number of alkyl halides is 6. The molecule has 0 aromatic heterocycles. The molecule has 0 saturated heterocycles. The van der Waals surface area contributed by atoms with Crippen molar-refractivity contribution < 1.29 is 4.48 Å². The fourth-order valence-corrected chi connectivity index (χ4v) is 4.52. The Morgan fingerprint density at radius 1 is 0.706 bits per heavy atom. The molecule has 0 aliphatic heterocycles. The van der Waals surface area contributed by atoms with E-state index in [9.17, 15) is 0 Å². The highest BCUT2D eigenvalue weighted by atomic mass is 79.9. The summed E-state index contributed by atoms with van der Waals surface area (Å²) in [6, 6.07) is 0. The Bertz CT molecular complexity index is 172. The van der Waals surface area contributed by atoms with Crippen LogP contribution in [0.5, 0.6) is 0 Å². The second kappa shape index (κ2) is 10.6. The third kappa shape index (κ3) is 9.40. The van der Waals surface area contributed by atoms with E-state index in [0.29, 0.717) is 14.5 Å². The molecule has 3 unspecified atom stereocenters. The molecule has 0 rings (SSSR count). The van der Waals surface area contributed by atoms with Gasteiger partial charge < -0.3 is 4.48 Å². The quantitative estimate of drug-likeness (QED) is 0.251. The Morgan fingerprint density at radius 3 is 1.12 bits per heavy atom. The van der Waals surface area contributed by atoms with Crippen LogP contribution in [0, 0.1) is 0 Å². The van der Waals surface area contributed by atoms with Gasteiger partial charge in [0.15, 0.2) is 0 Å². The van der Waals surface area contributed by atoms with Crippen LogP contribution >= 0.6 is 95.6 Å². The first-order valence-corrected chi connectivity index (χ1v) is 11.4. The topological polar surface area (TPSA) is 0 Å². The standard InChI is InChI=1S/C10H18Br6N/c1-17(5-8(14)2-11,6-9(15)3-12)7-10(16)4-13/h8-10H,2-7H2,1H3/q+1. The number of hydrogen-bond acceptors (Lipinski definition) is 0. The normalized spacial score (nSPS) is 20.6. The minimum atomic E-state index is 0.512. The highest BCUT2D eigenvalue weighted by Gasteiger charge is 2.29. The number of halogens is 6. The molecule has 0 aliphatic carbocycles. The van der Waals surface area contributed by atoms with E-state index in [2.05, 4.69) is 103 Å². The smallest absolute Gasteiger partial charge is 0.0920 e. The number of hydrogen-bond donors (Lipinski definition) is 0. The fraction of sp³-hybridized carbons (Fsp3) is 1.00. The second-order valence-corrected chi connectivity index (χ2v) is 10.2. The third-order valence-electron chi connectivity index (χ3n) is 2.42. The van der Waals surface area contributed by atoms with Gasteiger partial charge in [-0.3, -0.25) is 0 Å². The lowest BCUT2D eigenvalue weighted by Gasteiger charge is -2.38. The van der Waals surface area contributed by atoms with E-state index >= 15 is 0 Å². The second-order valence-electron chi connectivity index (χ2n) is 4.42. The first-order valence-electron chi connectivity index (χ1n) is 5.30. The lowest BCUT2D eigenvalue weighted by Crippen LogP contribution is -2.54. The van der Waals surface area contributed by atoms with Gasteiger partial charge in [0.05, 0.1) is 41.2 Å². The van der Waals surface area contributed by atoms with Crippen molar-refractivity contribution in [3.8, 4) is 0 Å². The van der Waals surface area contributed by atoms with Gasteiger partial charge in [0.1, 0.15) is 0 Å². The number of nitrogens with zero attached hydrogens (tertiary/aromatic N) is 1. The maximum Gasteiger partial charge on any atom is 0.0920 e. The van der Waals surface area contributed by atoms with Crippen molar-refractivity contribution in [2.24, 2.45) is 0 Å². The summed E-state index contributed by atoms with van der Waals surface area (Å²) in [6.07, 6.45) is 0. The zero-order valence-corrected chi connectivity index (χ0v) is 19.2. The molecule has 0 aromatic carbocycles. The summed E-state index contributed by atoms with van der Waals surface area (Å²) in [5.41, 5.74) is 0. The Hall–Kier alpha value is 2.84. The van der Waals surface area contributed by atoms with Crippen molar-refractivity contribution in [3.63, 3.8) is 0 Å². The van der Waals surface area contributed by atoms with E-state index in [4.69, 9.17) is 0 Å². The number of rotatable bonds is 9. The zero-order valence-electron chi connectivity index (χ0n) is 9.69. The van der Waals surface area contributed by atoms with Gasteiger partial charge in [-0.1, -0.05) is 95.6 Å². The van der Waals surface area contributed by atoms with Gasteiger partial charge in [-0.15, -0.1) is 0 Å². The van der Waals surface area contributed by atoms with Gasteiger partial charge in [-0.25, -0.2) is 0 Å². The molecule has 7 heteroatoms. The maximum absolute atomic E-state index is 3.72. The Labute approximate surface area is 155 Å². The van der Waals surface area contributed by atoms with E-state index in [0.717, 1.165) is 40.1 Å². The molecular formula is C10H18Br6N+. The van der Waals surface area contributed by atoms with Crippen LogP contribution < -0.4 is 0 Å². The van der Waals surface area contributed by atoms with Gasteiger partial charge in [-0.2, -0.15) is 0 Å². The predicted molar refractivity (Wildman–Crippen MR) is 100 cm³/mol. The molecule has 0 fully saturated rings. The highest BCUT2D eigenvalue weighted by Crippen LogP contribution is 2.20. The molecule has 0 aliphatic rings. The molecule has 0 amide bonds. The summed E-state index contributed by atoms with van der Waals surface area (Å²) >= 11 is 21.8. The average molecular weight is 632 g/mol. The zero-order chi connectivity index (χ0) is 13.5. The van der Waals surface area contributed by atoms with E-state index in [-0.39, 0.29) is 0 Å². The SMILES string of the molecule is C[N+](CC(Br)CBr)(CC(Br)CBr)CC(Br)CBr. The van der Waals surface area contributed by atoms with Crippen LogP contribution in [0.15, 0.2) is 0 Å². The Kier molecular flexibility index (Phi) is 12.3. The molecule has 17 heavy (non-hydrogen) atoms. The molecule has 104 valence electrons. The molecule has 0 heterocycles. The van der Waals surface area contributed by atoms with Crippen molar-refractivity contribution in [2.45, 2.75) is 14.5 Å². The summed E-state index contributed by atoms with van der Waals surface area (Å²) in [6.45, 7) is 3.36. The van der Waals surface area contributed by atoms with Gasteiger partial charge in [0.2, 0.25) is 0 Å². The van der Waals surface area contributed by atoms with Crippen LogP contribution in [0.3, 0.4) is 0 Å². The van der Waals surface area contributed by atoms with E-state index < -0.39 is 0 Å². The van der Waals surface area contributed by atoms with Gasteiger partial charge in [-0.05, 0) is 0 Å². The van der Waals surface area contributed by atoms with Gasteiger partial charge in [0, 0.05) is 16.0 Å². The molecule has 0 bridgehead atoms. The maximum atomic E-state index is 3.72. The predicted octanol–water partition coefficient (Wildman–Crippen LogP) is 4.91. The van der Waals surface area contributed by atoms with E-state index in [1.54, 1.807) is 0 Å². The molecule has 3 atom stereocenters. The molecule has 0 saturated carbocycles. The van der Waals surface area contributed by atoms with E-state index in [1.165, 1.54) is 0 Å². The molecular weight excluding hydrogens is 614 g/mol. The third-order valence-corrected chi connectivity index (χ3v) is 9.21. The molecule has 0 aromatic rings. The minimum Gasteiger partial charge on any atom is -0.323 e. The summed E-state index contributed by atoms with van der Waals surface area (Å²) in [5.74, 6) is 0. The van der Waals surface area contributed by atoms with Crippen LogP contribution in [0.25, 0.3) is 0 Å². The summed E-state index contributed by atoms with van der Waals surface area (Å²) in [5, 5.41) is 2.97. The highest BCUT2D eigenvalue weighted by molar-refractivity contribution is 9.12. The van der Waals surface area contributed by atoms with Crippen molar-refractivity contribution >= 4 is 95.6 Å². The van der Waals surface area contributed by atoms with Crippen molar-refractivity contribution in [3.05, 3.63) is 0 Å². The molecule has 0 radical (unpaired) electrons. The lowest BCUT2D eigenvalue weighted by atomic mass is 10.2. The minimum absolute atomic E-state index is 0.512. The monoisotopic (exact) mass is 626 g/mol. The van der Waals surface area contributed by atoms with Crippen molar-refractivity contribution in [2.75, 3.05) is 42.7 Å². The van der Waals surface area contributed by atoms with Crippen molar-refractivity contribution in [1.82, 2.24) is 0 Å². The largest absolute Gasteiger partial charge is 0.323 e. The van der Waals surface area contributed by atoms with Crippen molar-refractivity contribution in [1.29, 1.82) is 0 Å². The first kappa shape index (κ1) is 19.8. The van der Waals surface area contributed by atoms with Crippen LogP contribution in [0.2, 0.25) is 0 Å². The molecule has 0 N–H and O–H groups in total. The summed E-state index contributed by atoms with van der Waals surface area (Å²) < 4.78 is 1.05. The fourth-order valence-electron chi connectivity index (χ4n) is 1.80. The van der Waals surface area contributed by atoms with Gasteiger partial charge >= 0.3 is 0 Å². The molecule has 0 spiro atoms. The van der Waals surface area contributed by atoms with Gasteiger partial charge in [0.25, 0.3) is 0 Å². The lowest BCUT2D eigenvalue weighted by molar-refractivity contribution is -0.907. The summed E-state index contributed by atoms with van der Waals surface area (Å²) in [4.78, 5) is 1.53. The van der Waals surface area contributed by atoms with E-state index in [1.807, 2.05) is 0 Å². The van der Waals surface area contributed by atoms with Crippen LogP contribution in [0.4, 0.5) is 0 Å². The molecule has 1 nitrogen and oxygen atoms in total. The van der Waals surface area contributed by atoms with Crippen LogP contribution in [-0.4, -0.2) is 61.6 Å². The number of quaternary nitrogens is 1. The first-order chi connectivity index (χ1) is 7.86. The summed E-state index contributed by atoms with van der Waals surface area (Å²) in [7, 11) is 2.32. The average Bonchev–Trinajstić information content (AvgIpc) is 2.27. The Balaban J connectivity index is 4.55. The Morgan fingerprint density at radius 2 is 0.941 bits per heavy atom.